The van der Waals surface area contributed by atoms with Crippen LogP contribution in [0.1, 0.15) is 18.9 Å². The Hall–Kier alpha value is -3.48. The van der Waals surface area contributed by atoms with Crippen LogP contribution in [0, 0.1) is 5.92 Å². The molecule has 0 saturated carbocycles. The van der Waals surface area contributed by atoms with E-state index >= 15 is 0 Å². The number of anilines is 1. The lowest BCUT2D eigenvalue weighted by Gasteiger charge is -2.17. The molecule has 1 N–H and O–H groups in total. The monoisotopic (exact) mass is 435 g/mol. The number of benzene rings is 2. The van der Waals surface area contributed by atoms with Gasteiger partial charge in [-0.1, -0.05) is 6.07 Å². The minimum Gasteiger partial charge on any atom is -0.493 e. The Labute approximate surface area is 187 Å². The molecule has 1 aliphatic heterocycles. The molecule has 1 saturated heterocycles. The number of likely N-dealkylation sites (tertiary alicyclic amines) is 1. The van der Waals surface area contributed by atoms with Crippen molar-refractivity contribution in [3.05, 3.63) is 54.2 Å². The Morgan fingerprint density at radius 2 is 1.91 bits per heavy atom. The quantitative estimate of drug-likeness (QED) is 0.586. The van der Waals surface area contributed by atoms with E-state index in [1.54, 1.807) is 19.1 Å². The molecule has 0 radical (unpaired) electrons. The lowest BCUT2D eigenvalue weighted by molar-refractivity contribution is -0.128. The number of amides is 2. The van der Waals surface area contributed by atoms with Crippen LogP contribution in [0.25, 0.3) is 10.9 Å². The topological polar surface area (TPSA) is 72.8 Å². The molecule has 1 unspecified atom stereocenters. The van der Waals surface area contributed by atoms with Crippen LogP contribution < -0.4 is 14.8 Å². The summed E-state index contributed by atoms with van der Waals surface area (Å²) >= 11 is 0. The third kappa shape index (κ3) is 4.42. The summed E-state index contributed by atoms with van der Waals surface area (Å²) in [4.78, 5) is 27.1. The molecule has 1 aromatic heterocycles. The van der Waals surface area contributed by atoms with Crippen molar-refractivity contribution in [2.24, 2.45) is 5.92 Å². The highest BCUT2D eigenvalue weighted by Crippen LogP contribution is 2.28. The molecule has 0 bridgehead atoms. The Morgan fingerprint density at radius 1 is 1.09 bits per heavy atom. The van der Waals surface area contributed by atoms with E-state index in [0.29, 0.717) is 31.0 Å². The van der Waals surface area contributed by atoms with Gasteiger partial charge in [0.25, 0.3) is 0 Å². The van der Waals surface area contributed by atoms with E-state index in [4.69, 9.17) is 9.47 Å². The summed E-state index contributed by atoms with van der Waals surface area (Å²) in [6, 6.07) is 13.7. The van der Waals surface area contributed by atoms with Crippen LogP contribution in [0.5, 0.6) is 11.5 Å². The maximum absolute atomic E-state index is 12.8. The van der Waals surface area contributed by atoms with Crippen LogP contribution in [0.2, 0.25) is 0 Å². The number of nitrogens with one attached hydrogen (secondary N) is 1. The Kier molecular flexibility index (Phi) is 6.35. The van der Waals surface area contributed by atoms with Gasteiger partial charge in [-0.25, -0.2) is 0 Å². The minimum atomic E-state index is -0.344. The standard InChI is InChI=1S/C25H29N3O4/c1-4-27-12-10-18-14-20(6-7-21(18)27)26-25(30)19-15-24(29)28(16-19)11-9-17-5-8-22(31-2)23(13-17)32-3/h5-8,10,12-14,19H,4,9,11,15-16H2,1-3H3,(H,26,30). The number of carbonyl (C=O) groups excluding carboxylic acids is 2. The average molecular weight is 436 g/mol. The van der Waals surface area contributed by atoms with Gasteiger partial charge in [-0.05, 0) is 55.3 Å². The second-order valence-corrected chi connectivity index (χ2v) is 8.04. The largest absolute Gasteiger partial charge is 0.493 e. The third-order valence-electron chi connectivity index (χ3n) is 6.08. The Balaban J connectivity index is 1.35. The first kappa shape index (κ1) is 21.7. The molecular weight excluding hydrogens is 406 g/mol. The summed E-state index contributed by atoms with van der Waals surface area (Å²) in [6.45, 7) is 4.00. The fourth-order valence-corrected chi connectivity index (χ4v) is 4.26. The number of aromatic nitrogens is 1. The summed E-state index contributed by atoms with van der Waals surface area (Å²) in [5.74, 6) is 0.905. The molecule has 2 heterocycles. The molecule has 0 aliphatic carbocycles. The second kappa shape index (κ2) is 9.34. The fourth-order valence-electron chi connectivity index (χ4n) is 4.26. The number of aryl methyl sites for hydroxylation is 1. The molecule has 7 nitrogen and oxygen atoms in total. The minimum absolute atomic E-state index is 0.0149. The number of hydrogen-bond donors (Lipinski definition) is 1. The van der Waals surface area contributed by atoms with Gasteiger partial charge < -0.3 is 24.3 Å². The molecule has 3 aromatic rings. The van der Waals surface area contributed by atoms with E-state index in [1.165, 1.54) is 0 Å². The fraction of sp³-hybridized carbons (Fsp3) is 0.360. The molecule has 32 heavy (non-hydrogen) atoms. The number of nitrogens with zero attached hydrogens (tertiary/aromatic N) is 2. The Morgan fingerprint density at radius 3 is 2.66 bits per heavy atom. The average Bonchev–Trinajstić information content (AvgIpc) is 3.40. The van der Waals surface area contributed by atoms with E-state index in [1.807, 2.05) is 48.7 Å². The molecule has 1 fully saturated rings. The van der Waals surface area contributed by atoms with Crippen molar-refractivity contribution in [1.82, 2.24) is 9.47 Å². The Bertz CT molecular complexity index is 1140. The van der Waals surface area contributed by atoms with Gasteiger partial charge >= 0.3 is 0 Å². The second-order valence-electron chi connectivity index (χ2n) is 8.04. The van der Waals surface area contributed by atoms with E-state index in [2.05, 4.69) is 16.8 Å². The predicted molar refractivity (Wildman–Crippen MR) is 124 cm³/mol. The molecule has 2 aromatic carbocycles. The van der Waals surface area contributed by atoms with Gasteiger partial charge in [-0.15, -0.1) is 0 Å². The van der Waals surface area contributed by atoms with Gasteiger partial charge in [0.2, 0.25) is 11.8 Å². The number of carbonyl (C=O) groups is 2. The van der Waals surface area contributed by atoms with Gasteiger partial charge in [0.15, 0.2) is 11.5 Å². The number of hydrogen-bond acceptors (Lipinski definition) is 4. The summed E-state index contributed by atoms with van der Waals surface area (Å²) in [6.07, 6.45) is 2.97. The zero-order valence-electron chi connectivity index (χ0n) is 18.8. The molecule has 0 spiro atoms. The van der Waals surface area contributed by atoms with Crippen molar-refractivity contribution in [2.45, 2.75) is 26.3 Å². The van der Waals surface area contributed by atoms with Crippen LogP contribution in [-0.2, 0) is 22.6 Å². The number of fused-ring (bicyclic) bond motifs is 1. The predicted octanol–water partition coefficient (Wildman–Crippen LogP) is 3.71. The van der Waals surface area contributed by atoms with Gasteiger partial charge in [-0.2, -0.15) is 0 Å². The number of methoxy groups -OCH3 is 2. The van der Waals surface area contributed by atoms with Gasteiger partial charge in [0.1, 0.15) is 0 Å². The van der Waals surface area contributed by atoms with Crippen molar-refractivity contribution in [3.8, 4) is 11.5 Å². The first-order valence-electron chi connectivity index (χ1n) is 10.9. The van der Waals surface area contributed by atoms with Gasteiger partial charge in [0.05, 0.1) is 20.1 Å². The van der Waals surface area contributed by atoms with Crippen molar-refractivity contribution >= 4 is 28.4 Å². The van der Waals surface area contributed by atoms with Crippen LogP contribution in [0.15, 0.2) is 48.7 Å². The van der Waals surface area contributed by atoms with Crippen molar-refractivity contribution < 1.29 is 19.1 Å². The first-order valence-corrected chi connectivity index (χ1v) is 10.9. The van der Waals surface area contributed by atoms with E-state index in [0.717, 1.165) is 28.7 Å². The molecule has 1 atom stereocenters. The summed E-state index contributed by atoms with van der Waals surface area (Å²) in [5, 5.41) is 4.08. The highest BCUT2D eigenvalue weighted by molar-refractivity contribution is 5.98. The van der Waals surface area contributed by atoms with Crippen molar-refractivity contribution in [3.63, 3.8) is 0 Å². The zero-order valence-corrected chi connectivity index (χ0v) is 18.8. The van der Waals surface area contributed by atoms with Crippen molar-refractivity contribution in [2.75, 3.05) is 32.6 Å². The third-order valence-corrected chi connectivity index (χ3v) is 6.08. The van der Waals surface area contributed by atoms with Crippen LogP contribution in [0.3, 0.4) is 0 Å². The smallest absolute Gasteiger partial charge is 0.229 e. The highest BCUT2D eigenvalue weighted by Gasteiger charge is 2.34. The summed E-state index contributed by atoms with van der Waals surface area (Å²) < 4.78 is 12.8. The van der Waals surface area contributed by atoms with Gasteiger partial charge in [-0.3, -0.25) is 9.59 Å². The first-order chi connectivity index (χ1) is 15.5. The molecule has 4 rings (SSSR count). The maximum atomic E-state index is 12.8. The highest BCUT2D eigenvalue weighted by atomic mass is 16.5. The lowest BCUT2D eigenvalue weighted by atomic mass is 10.1. The molecule has 7 heteroatoms. The van der Waals surface area contributed by atoms with Crippen LogP contribution >= 0.6 is 0 Å². The summed E-state index contributed by atoms with van der Waals surface area (Å²) in [7, 11) is 3.21. The number of rotatable bonds is 8. The molecule has 1 aliphatic rings. The maximum Gasteiger partial charge on any atom is 0.229 e. The van der Waals surface area contributed by atoms with E-state index in [-0.39, 0.29) is 24.2 Å². The number of ether oxygens (including phenoxy) is 2. The van der Waals surface area contributed by atoms with E-state index in [9.17, 15) is 9.59 Å². The zero-order chi connectivity index (χ0) is 22.7. The summed E-state index contributed by atoms with van der Waals surface area (Å²) in [5.41, 5.74) is 2.95. The van der Waals surface area contributed by atoms with Gasteiger partial charge in [0, 0.05) is 48.8 Å². The van der Waals surface area contributed by atoms with Crippen molar-refractivity contribution in [1.29, 1.82) is 0 Å². The SMILES string of the molecule is CCn1ccc2cc(NC(=O)C3CC(=O)N(CCc4ccc(OC)c(OC)c4)C3)ccc21. The molecule has 2 amide bonds. The van der Waals surface area contributed by atoms with Crippen LogP contribution in [0.4, 0.5) is 5.69 Å². The normalized spacial score (nSPS) is 15.9. The molecule has 168 valence electrons. The molecular formula is C25H29N3O4. The lowest BCUT2D eigenvalue weighted by Crippen LogP contribution is -2.30. The van der Waals surface area contributed by atoms with E-state index < -0.39 is 0 Å². The van der Waals surface area contributed by atoms with Crippen LogP contribution in [-0.4, -0.2) is 48.6 Å².